The van der Waals surface area contributed by atoms with Gasteiger partial charge in [0.15, 0.2) is 6.61 Å². The van der Waals surface area contributed by atoms with Gasteiger partial charge in [-0.2, -0.15) is 0 Å². The molecule has 6 nitrogen and oxygen atoms in total. The average Bonchev–Trinajstić information content (AvgIpc) is 3.09. The van der Waals surface area contributed by atoms with E-state index in [1.807, 2.05) is 0 Å². The van der Waals surface area contributed by atoms with Gasteiger partial charge in [-0.25, -0.2) is 14.4 Å². The van der Waals surface area contributed by atoms with E-state index in [4.69, 9.17) is 4.74 Å². The first-order chi connectivity index (χ1) is 11.2. The van der Waals surface area contributed by atoms with Gasteiger partial charge in [0.1, 0.15) is 29.5 Å². The zero-order valence-electron chi connectivity index (χ0n) is 12.5. The highest BCUT2D eigenvalue weighted by molar-refractivity contribution is 5.91. The van der Waals surface area contributed by atoms with Gasteiger partial charge in [-0.15, -0.1) is 0 Å². The van der Waals surface area contributed by atoms with E-state index in [-0.39, 0.29) is 18.3 Å². The summed E-state index contributed by atoms with van der Waals surface area (Å²) in [6.45, 7) is 1.77. The minimum Gasteiger partial charge on any atom is -0.484 e. The molecule has 0 aliphatic carbocycles. The van der Waals surface area contributed by atoms with E-state index in [9.17, 15) is 9.18 Å². The molecule has 1 N–H and O–H groups in total. The number of amides is 1. The van der Waals surface area contributed by atoms with Crippen LogP contribution in [0.25, 0.3) is 0 Å². The van der Waals surface area contributed by atoms with Crippen molar-refractivity contribution in [3.63, 3.8) is 0 Å². The molecule has 0 bridgehead atoms. The summed E-state index contributed by atoms with van der Waals surface area (Å²) in [4.78, 5) is 22.3. The highest BCUT2D eigenvalue weighted by Gasteiger charge is 2.14. The Labute approximate surface area is 133 Å². The summed E-state index contributed by atoms with van der Waals surface area (Å²) in [5.74, 6) is 1.00. The zero-order chi connectivity index (χ0) is 16.1. The van der Waals surface area contributed by atoms with Gasteiger partial charge >= 0.3 is 0 Å². The maximum atomic E-state index is 12.8. The standard InChI is InChI=1S/C16H17FN4O2/c17-12-3-5-13(6-4-12)23-10-16(22)20-14-9-15(19-11-18-14)21-7-1-2-8-21/h3-6,9,11H,1-2,7-8,10H2,(H,18,19,20,22). The van der Waals surface area contributed by atoms with Crippen LogP contribution in [-0.4, -0.2) is 35.6 Å². The number of benzene rings is 1. The zero-order valence-corrected chi connectivity index (χ0v) is 12.5. The second-order valence-electron chi connectivity index (χ2n) is 5.25. The first-order valence-corrected chi connectivity index (χ1v) is 7.46. The predicted octanol–water partition coefficient (Wildman–Crippen LogP) is 2.23. The molecule has 3 rings (SSSR count). The Hall–Kier alpha value is -2.70. The van der Waals surface area contributed by atoms with Gasteiger partial charge in [0, 0.05) is 19.2 Å². The second kappa shape index (κ2) is 7.04. The lowest BCUT2D eigenvalue weighted by molar-refractivity contribution is -0.118. The molecule has 1 aliphatic rings. The molecular formula is C16H17FN4O2. The van der Waals surface area contributed by atoms with E-state index in [0.29, 0.717) is 11.6 Å². The molecule has 2 heterocycles. The summed E-state index contributed by atoms with van der Waals surface area (Å²) in [6, 6.07) is 7.25. The summed E-state index contributed by atoms with van der Waals surface area (Å²) in [7, 11) is 0. The molecule has 1 aliphatic heterocycles. The van der Waals surface area contributed by atoms with Gasteiger partial charge in [-0.3, -0.25) is 4.79 Å². The van der Waals surface area contributed by atoms with Crippen LogP contribution in [0.1, 0.15) is 12.8 Å². The number of rotatable bonds is 5. The normalized spacial score (nSPS) is 13.9. The fraction of sp³-hybridized carbons (Fsp3) is 0.312. The van der Waals surface area contributed by atoms with Crippen molar-refractivity contribution in [2.75, 3.05) is 29.9 Å². The predicted molar refractivity (Wildman–Crippen MR) is 84.0 cm³/mol. The van der Waals surface area contributed by atoms with Crippen LogP contribution in [-0.2, 0) is 4.79 Å². The van der Waals surface area contributed by atoms with E-state index >= 15 is 0 Å². The third kappa shape index (κ3) is 4.15. The molecule has 2 aromatic rings. The number of hydrogen-bond acceptors (Lipinski definition) is 5. The van der Waals surface area contributed by atoms with Crippen molar-refractivity contribution in [1.82, 2.24) is 9.97 Å². The fourth-order valence-electron chi connectivity index (χ4n) is 2.39. The van der Waals surface area contributed by atoms with Crippen molar-refractivity contribution in [2.24, 2.45) is 0 Å². The van der Waals surface area contributed by atoms with E-state index in [2.05, 4.69) is 20.2 Å². The number of ether oxygens (including phenoxy) is 1. The van der Waals surface area contributed by atoms with Crippen LogP contribution in [0.5, 0.6) is 5.75 Å². The van der Waals surface area contributed by atoms with Crippen LogP contribution < -0.4 is 15.0 Å². The van der Waals surface area contributed by atoms with Crippen molar-refractivity contribution in [3.8, 4) is 5.75 Å². The minimum absolute atomic E-state index is 0.172. The summed E-state index contributed by atoms with van der Waals surface area (Å²) in [6.07, 6.45) is 3.73. The smallest absolute Gasteiger partial charge is 0.263 e. The van der Waals surface area contributed by atoms with E-state index < -0.39 is 0 Å². The topological polar surface area (TPSA) is 67.3 Å². The third-order valence-corrected chi connectivity index (χ3v) is 3.53. The van der Waals surface area contributed by atoms with Gasteiger partial charge in [0.05, 0.1) is 0 Å². The molecule has 0 unspecified atom stereocenters. The molecule has 120 valence electrons. The molecule has 0 spiro atoms. The quantitative estimate of drug-likeness (QED) is 0.916. The van der Waals surface area contributed by atoms with Gasteiger partial charge in [-0.1, -0.05) is 0 Å². The largest absolute Gasteiger partial charge is 0.484 e. The first kappa shape index (κ1) is 15.2. The number of anilines is 2. The molecule has 1 fully saturated rings. The maximum Gasteiger partial charge on any atom is 0.263 e. The average molecular weight is 316 g/mol. The molecule has 23 heavy (non-hydrogen) atoms. The number of nitrogens with zero attached hydrogens (tertiary/aromatic N) is 3. The van der Waals surface area contributed by atoms with Crippen LogP contribution in [0.2, 0.25) is 0 Å². The van der Waals surface area contributed by atoms with Crippen molar-refractivity contribution < 1.29 is 13.9 Å². The van der Waals surface area contributed by atoms with Gasteiger partial charge in [0.25, 0.3) is 5.91 Å². The van der Waals surface area contributed by atoms with Crippen LogP contribution >= 0.6 is 0 Å². The number of halogens is 1. The van der Waals surface area contributed by atoms with E-state index in [1.54, 1.807) is 6.07 Å². The van der Waals surface area contributed by atoms with Crippen LogP contribution in [0, 0.1) is 5.82 Å². The molecule has 0 saturated carbocycles. The number of carbonyl (C=O) groups excluding carboxylic acids is 1. The Morgan fingerprint density at radius 1 is 1.22 bits per heavy atom. The lowest BCUT2D eigenvalue weighted by Crippen LogP contribution is -2.22. The third-order valence-electron chi connectivity index (χ3n) is 3.53. The Bertz CT molecular complexity index is 672. The highest BCUT2D eigenvalue weighted by atomic mass is 19.1. The lowest BCUT2D eigenvalue weighted by Gasteiger charge is -2.16. The first-order valence-electron chi connectivity index (χ1n) is 7.46. The minimum atomic E-state index is -0.350. The van der Waals surface area contributed by atoms with Gasteiger partial charge < -0.3 is 15.0 Å². The highest BCUT2D eigenvalue weighted by Crippen LogP contribution is 2.19. The Morgan fingerprint density at radius 2 is 1.96 bits per heavy atom. The number of nitrogens with one attached hydrogen (secondary N) is 1. The van der Waals surface area contributed by atoms with Crippen molar-refractivity contribution in [1.29, 1.82) is 0 Å². The summed E-state index contributed by atoms with van der Waals surface area (Å²) >= 11 is 0. The number of hydrogen-bond donors (Lipinski definition) is 1. The van der Waals surface area contributed by atoms with Crippen molar-refractivity contribution >= 4 is 17.5 Å². The summed E-state index contributed by atoms with van der Waals surface area (Å²) in [5.41, 5.74) is 0. The van der Waals surface area contributed by atoms with E-state index in [0.717, 1.165) is 31.7 Å². The molecule has 1 aromatic heterocycles. The molecule has 0 radical (unpaired) electrons. The second-order valence-corrected chi connectivity index (χ2v) is 5.25. The SMILES string of the molecule is O=C(COc1ccc(F)cc1)Nc1cc(N2CCCC2)ncn1. The lowest BCUT2D eigenvalue weighted by atomic mass is 10.3. The van der Waals surface area contributed by atoms with Crippen molar-refractivity contribution in [3.05, 3.63) is 42.5 Å². The molecule has 7 heteroatoms. The molecule has 1 aromatic carbocycles. The maximum absolute atomic E-state index is 12.8. The van der Waals surface area contributed by atoms with Crippen molar-refractivity contribution in [2.45, 2.75) is 12.8 Å². The monoisotopic (exact) mass is 316 g/mol. The number of aromatic nitrogens is 2. The Balaban J connectivity index is 1.55. The van der Waals surface area contributed by atoms with E-state index in [1.165, 1.54) is 30.6 Å². The number of carbonyl (C=O) groups is 1. The van der Waals surface area contributed by atoms with Crippen LogP contribution in [0.15, 0.2) is 36.7 Å². The van der Waals surface area contributed by atoms with Gasteiger partial charge in [0.2, 0.25) is 0 Å². The molecular weight excluding hydrogens is 299 g/mol. The van der Waals surface area contributed by atoms with Gasteiger partial charge in [-0.05, 0) is 37.1 Å². The Kier molecular flexibility index (Phi) is 4.65. The fourth-order valence-corrected chi connectivity index (χ4v) is 2.39. The van der Waals surface area contributed by atoms with Crippen LogP contribution in [0.4, 0.5) is 16.0 Å². The Morgan fingerprint density at radius 3 is 2.70 bits per heavy atom. The summed E-state index contributed by atoms with van der Waals surface area (Å²) < 4.78 is 18.1. The summed E-state index contributed by atoms with van der Waals surface area (Å²) in [5, 5.41) is 2.67. The molecule has 1 amide bonds. The molecule has 1 saturated heterocycles. The van der Waals surface area contributed by atoms with Crippen LogP contribution in [0.3, 0.4) is 0 Å². The molecule has 0 atom stereocenters.